The Morgan fingerprint density at radius 3 is 2.43 bits per heavy atom. The Labute approximate surface area is 129 Å². The van der Waals surface area contributed by atoms with Gasteiger partial charge in [0.1, 0.15) is 0 Å². The maximum absolute atomic E-state index is 5.16. The molecule has 1 aliphatic rings. The largest absolute Gasteiger partial charge is 0.383 e. The van der Waals surface area contributed by atoms with Gasteiger partial charge in [-0.3, -0.25) is 4.90 Å². The summed E-state index contributed by atoms with van der Waals surface area (Å²) in [6.07, 6.45) is 1.13. The molecule has 1 fully saturated rings. The Hall–Kier alpha value is -1.06. The van der Waals surface area contributed by atoms with Crippen LogP contribution in [0.1, 0.15) is 26.3 Å². The summed E-state index contributed by atoms with van der Waals surface area (Å²) in [6.45, 7) is 13.3. The summed E-state index contributed by atoms with van der Waals surface area (Å²) in [5.74, 6) is 0. The van der Waals surface area contributed by atoms with Crippen LogP contribution in [0.4, 0.5) is 5.69 Å². The number of methoxy groups -OCH3 is 1. The van der Waals surface area contributed by atoms with E-state index in [1.807, 2.05) is 0 Å². The lowest BCUT2D eigenvalue weighted by Gasteiger charge is -2.36. The van der Waals surface area contributed by atoms with Crippen molar-refractivity contribution in [2.45, 2.75) is 27.2 Å². The van der Waals surface area contributed by atoms with Gasteiger partial charge in [0.25, 0.3) is 0 Å². The predicted octanol–water partition coefficient (Wildman–Crippen LogP) is 3.04. The number of hydrogen-bond acceptors (Lipinski definition) is 3. The Morgan fingerprint density at radius 2 is 1.81 bits per heavy atom. The smallest absolute Gasteiger partial charge is 0.0589 e. The molecule has 0 bridgehead atoms. The molecule has 0 amide bonds. The number of anilines is 1. The van der Waals surface area contributed by atoms with Crippen LogP contribution in [0.25, 0.3) is 0 Å². The predicted molar refractivity (Wildman–Crippen MR) is 90.1 cm³/mol. The third-order valence-corrected chi connectivity index (χ3v) is 3.99. The standard InChI is InChI=1S/C18H30N2O/c1-18(2,3)15-16-6-5-7-17(14-16)20-10-8-19(9-11-20)12-13-21-4/h5-7,14H,8-13,15H2,1-4H3. The number of ether oxygens (including phenoxy) is 1. The second-order valence-electron chi connectivity index (χ2n) is 7.23. The molecule has 0 spiro atoms. The van der Waals surface area contributed by atoms with Crippen molar-refractivity contribution in [2.24, 2.45) is 5.41 Å². The monoisotopic (exact) mass is 290 g/mol. The lowest BCUT2D eigenvalue weighted by Crippen LogP contribution is -2.47. The number of hydrogen-bond donors (Lipinski definition) is 0. The minimum absolute atomic E-state index is 0.345. The summed E-state index contributed by atoms with van der Waals surface area (Å²) < 4.78 is 5.16. The Morgan fingerprint density at radius 1 is 1.10 bits per heavy atom. The SMILES string of the molecule is COCCN1CCN(c2cccc(CC(C)(C)C)c2)CC1. The summed E-state index contributed by atoms with van der Waals surface area (Å²) in [4.78, 5) is 4.99. The lowest BCUT2D eigenvalue weighted by atomic mass is 9.88. The molecule has 21 heavy (non-hydrogen) atoms. The highest BCUT2D eigenvalue weighted by atomic mass is 16.5. The van der Waals surface area contributed by atoms with Crippen molar-refractivity contribution in [2.75, 3.05) is 51.3 Å². The molecule has 0 N–H and O–H groups in total. The minimum atomic E-state index is 0.345. The molecule has 0 unspecified atom stereocenters. The third-order valence-electron chi connectivity index (χ3n) is 3.99. The molecule has 2 rings (SSSR count). The van der Waals surface area contributed by atoms with E-state index in [0.717, 1.165) is 45.8 Å². The highest BCUT2D eigenvalue weighted by molar-refractivity contribution is 5.49. The van der Waals surface area contributed by atoms with Gasteiger partial charge in [0.15, 0.2) is 0 Å². The number of piperazine rings is 1. The first-order chi connectivity index (χ1) is 9.98. The van der Waals surface area contributed by atoms with Crippen LogP contribution in [0, 0.1) is 5.41 Å². The molecule has 0 aliphatic carbocycles. The van der Waals surface area contributed by atoms with Crippen molar-refractivity contribution in [3.8, 4) is 0 Å². The number of nitrogens with zero attached hydrogens (tertiary/aromatic N) is 2. The second kappa shape index (κ2) is 7.28. The second-order valence-corrected chi connectivity index (χ2v) is 7.23. The van der Waals surface area contributed by atoms with E-state index in [4.69, 9.17) is 4.74 Å². The van der Waals surface area contributed by atoms with Crippen molar-refractivity contribution >= 4 is 5.69 Å². The van der Waals surface area contributed by atoms with Gasteiger partial charge in [-0.1, -0.05) is 32.9 Å². The first-order valence-electron chi connectivity index (χ1n) is 8.03. The van der Waals surface area contributed by atoms with Gasteiger partial charge in [0, 0.05) is 45.5 Å². The van der Waals surface area contributed by atoms with Gasteiger partial charge in [-0.25, -0.2) is 0 Å². The molecular weight excluding hydrogens is 260 g/mol. The fourth-order valence-electron chi connectivity index (χ4n) is 2.93. The average Bonchev–Trinajstić information content (AvgIpc) is 2.44. The molecule has 1 aromatic carbocycles. The fourth-order valence-corrected chi connectivity index (χ4v) is 2.93. The van der Waals surface area contributed by atoms with Crippen LogP contribution in [0.5, 0.6) is 0 Å². The van der Waals surface area contributed by atoms with Gasteiger partial charge in [-0.05, 0) is 29.5 Å². The van der Waals surface area contributed by atoms with Crippen LogP contribution in [-0.4, -0.2) is 51.3 Å². The van der Waals surface area contributed by atoms with Crippen LogP contribution in [-0.2, 0) is 11.2 Å². The van der Waals surface area contributed by atoms with E-state index in [1.165, 1.54) is 11.3 Å². The molecule has 1 heterocycles. The van der Waals surface area contributed by atoms with Gasteiger partial charge in [-0.2, -0.15) is 0 Å². The van der Waals surface area contributed by atoms with E-state index < -0.39 is 0 Å². The molecule has 3 nitrogen and oxygen atoms in total. The minimum Gasteiger partial charge on any atom is -0.383 e. The molecule has 0 atom stereocenters. The van der Waals surface area contributed by atoms with Crippen LogP contribution >= 0.6 is 0 Å². The topological polar surface area (TPSA) is 15.7 Å². The van der Waals surface area contributed by atoms with E-state index in [0.29, 0.717) is 5.41 Å². The van der Waals surface area contributed by atoms with E-state index in [-0.39, 0.29) is 0 Å². The summed E-state index contributed by atoms with van der Waals surface area (Å²) in [7, 11) is 1.77. The summed E-state index contributed by atoms with van der Waals surface area (Å²) in [6, 6.07) is 9.07. The average molecular weight is 290 g/mol. The number of rotatable bonds is 5. The molecular formula is C18H30N2O. The van der Waals surface area contributed by atoms with E-state index >= 15 is 0 Å². The van der Waals surface area contributed by atoms with E-state index in [1.54, 1.807) is 7.11 Å². The van der Waals surface area contributed by atoms with Crippen LogP contribution in [0.15, 0.2) is 24.3 Å². The molecule has 1 aliphatic heterocycles. The zero-order valence-corrected chi connectivity index (χ0v) is 14.1. The molecule has 3 heteroatoms. The molecule has 0 radical (unpaired) electrons. The highest BCUT2D eigenvalue weighted by Gasteiger charge is 2.18. The summed E-state index contributed by atoms with van der Waals surface area (Å²) in [5.41, 5.74) is 3.17. The van der Waals surface area contributed by atoms with Gasteiger partial charge >= 0.3 is 0 Å². The van der Waals surface area contributed by atoms with Crippen LogP contribution < -0.4 is 4.90 Å². The zero-order chi connectivity index (χ0) is 15.3. The maximum Gasteiger partial charge on any atom is 0.0589 e. The van der Waals surface area contributed by atoms with Gasteiger partial charge < -0.3 is 9.64 Å². The van der Waals surface area contributed by atoms with Crippen LogP contribution in [0.2, 0.25) is 0 Å². The Kier molecular flexibility index (Phi) is 5.65. The molecule has 0 aromatic heterocycles. The van der Waals surface area contributed by atoms with Gasteiger partial charge in [0.2, 0.25) is 0 Å². The molecule has 0 saturated carbocycles. The van der Waals surface area contributed by atoms with Crippen molar-refractivity contribution in [3.63, 3.8) is 0 Å². The quantitative estimate of drug-likeness (QED) is 0.829. The third kappa shape index (κ3) is 5.33. The highest BCUT2D eigenvalue weighted by Crippen LogP contribution is 2.24. The fraction of sp³-hybridized carbons (Fsp3) is 0.667. The lowest BCUT2D eigenvalue weighted by molar-refractivity contribution is 0.144. The van der Waals surface area contributed by atoms with Crippen molar-refractivity contribution in [1.29, 1.82) is 0 Å². The maximum atomic E-state index is 5.16. The van der Waals surface area contributed by atoms with Crippen LogP contribution in [0.3, 0.4) is 0 Å². The molecule has 1 saturated heterocycles. The van der Waals surface area contributed by atoms with Crippen molar-refractivity contribution in [3.05, 3.63) is 29.8 Å². The Bertz CT molecular complexity index is 431. The van der Waals surface area contributed by atoms with Crippen molar-refractivity contribution < 1.29 is 4.74 Å². The first-order valence-corrected chi connectivity index (χ1v) is 8.03. The Balaban J connectivity index is 1.92. The number of benzene rings is 1. The summed E-state index contributed by atoms with van der Waals surface area (Å²) in [5, 5.41) is 0. The van der Waals surface area contributed by atoms with Gasteiger partial charge in [-0.15, -0.1) is 0 Å². The zero-order valence-electron chi connectivity index (χ0n) is 14.1. The molecule has 1 aromatic rings. The summed E-state index contributed by atoms with van der Waals surface area (Å²) >= 11 is 0. The van der Waals surface area contributed by atoms with E-state index in [9.17, 15) is 0 Å². The first kappa shape index (κ1) is 16.3. The molecule has 118 valence electrons. The van der Waals surface area contributed by atoms with Crippen molar-refractivity contribution in [1.82, 2.24) is 4.90 Å². The van der Waals surface area contributed by atoms with Gasteiger partial charge in [0.05, 0.1) is 6.61 Å². The normalized spacial score (nSPS) is 17.2. The van der Waals surface area contributed by atoms with E-state index in [2.05, 4.69) is 54.8 Å².